The molecule has 0 fully saturated rings. The summed E-state index contributed by atoms with van der Waals surface area (Å²) in [6, 6.07) is 1.77. The summed E-state index contributed by atoms with van der Waals surface area (Å²) in [5.74, 6) is -0.215. The minimum Gasteiger partial charge on any atom is -0.506 e. The molecule has 68 valence electrons. The monoisotopic (exact) mass is 197 g/mol. The first-order valence-corrected chi connectivity index (χ1v) is 4.28. The fraction of sp³-hybridized carbons (Fsp3) is 0.222. The third-order valence-corrected chi connectivity index (χ3v) is 2.55. The van der Waals surface area contributed by atoms with Gasteiger partial charge in [-0.3, -0.25) is 4.79 Å². The fourth-order valence-corrected chi connectivity index (χ4v) is 1.84. The molecule has 1 aliphatic rings. The number of aryl methyl sites for hydroxylation is 1. The van der Waals surface area contributed by atoms with Gasteiger partial charge in [0.1, 0.15) is 5.75 Å². The van der Waals surface area contributed by atoms with Crippen molar-refractivity contribution in [3.63, 3.8) is 0 Å². The number of fused-ring (bicyclic) bond motifs is 1. The summed E-state index contributed by atoms with van der Waals surface area (Å²) in [6.07, 6.45) is 0. The first kappa shape index (κ1) is 8.38. The highest BCUT2D eigenvalue weighted by Gasteiger charge is 2.24. The first-order chi connectivity index (χ1) is 6.11. The van der Waals surface area contributed by atoms with Crippen molar-refractivity contribution < 1.29 is 9.90 Å². The molecule has 4 heteroatoms. The Hall–Kier alpha value is -1.22. The molecule has 0 unspecified atom stereocenters. The summed E-state index contributed by atoms with van der Waals surface area (Å²) in [4.78, 5) is 11.2. The molecule has 1 aliphatic heterocycles. The van der Waals surface area contributed by atoms with Gasteiger partial charge in [-0.25, -0.2) is 0 Å². The molecule has 3 nitrogen and oxygen atoms in total. The zero-order chi connectivity index (χ0) is 9.59. The predicted molar refractivity (Wildman–Crippen MR) is 49.0 cm³/mol. The van der Waals surface area contributed by atoms with Gasteiger partial charge in [-0.05, 0) is 24.1 Å². The van der Waals surface area contributed by atoms with Crippen molar-refractivity contribution in [3.8, 4) is 5.75 Å². The molecule has 0 saturated heterocycles. The molecule has 0 radical (unpaired) electrons. The Balaban J connectivity index is 2.75. The lowest BCUT2D eigenvalue weighted by atomic mass is 10.1. The maximum atomic E-state index is 11.2. The van der Waals surface area contributed by atoms with Crippen molar-refractivity contribution in [2.45, 2.75) is 13.5 Å². The molecule has 13 heavy (non-hydrogen) atoms. The van der Waals surface area contributed by atoms with Crippen molar-refractivity contribution >= 4 is 17.5 Å². The number of hydrogen-bond donors (Lipinski definition) is 2. The SMILES string of the molecule is Cc1cc2c(c(Cl)c1O)C(=O)NC2. The van der Waals surface area contributed by atoms with Crippen LogP contribution in [0.5, 0.6) is 5.75 Å². The lowest BCUT2D eigenvalue weighted by Gasteiger charge is -2.05. The van der Waals surface area contributed by atoms with Gasteiger partial charge in [-0.15, -0.1) is 0 Å². The molecule has 0 spiro atoms. The van der Waals surface area contributed by atoms with E-state index in [0.717, 1.165) is 5.56 Å². The molecular formula is C9H8ClNO2. The molecular weight excluding hydrogens is 190 g/mol. The van der Waals surface area contributed by atoms with Crippen LogP contribution in [0.4, 0.5) is 0 Å². The van der Waals surface area contributed by atoms with Gasteiger partial charge in [0.2, 0.25) is 0 Å². The highest BCUT2D eigenvalue weighted by molar-refractivity contribution is 6.35. The van der Waals surface area contributed by atoms with Crippen LogP contribution in [-0.4, -0.2) is 11.0 Å². The first-order valence-electron chi connectivity index (χ1n) is 3.90. The molecule has 1 aromatic carbocycles. The molecule has 1 amide bonds. The van der Waals surface area contributed by atoms with Crippen molar-refractivity contribution in [1.82, 2.24) is 5.32 Å². The molecule has 0 saturated carbocycles. The number of carbonyl (C=O) groups excluding carboxylic acids is 1. The number of carbonyl (C=O) groups is 1. The largest absolute Gasteiger partial charge is 0.506 e. The van der Waals surface area contributed by atoms with Crippen LogP contribution >= 0.6 is 11.6 Å². The fourth-order valence-electron chi connectivity index (χ4n) is 1.48. The second-order valence-electron chi connectivity index (χ2n) is 3.07. The summed E-state index contributed by atoms with van der Waals surface area (Å²) in [6.45, 7) is 2.25. The topological polar surface area (TPSA) is 49.3 Å². The molecule has 0 bridgehead atoms. The summed E-state index contributed by atoms with van der Waals surface area (Å²) < 4.78 is 0. The normalized spacial score (nSPS) is 14.2. The Morgan fingerprint density at radius 3 is 3.00 bits per heavy atom. The van der Waals surface area contributed by atoms with Gasteiger partial charge < -0.3 is 10.4 Å². The number of phenolic OH excluding ortho intramolecular Hbond substituents is 1. The van der Waals surface area contributed by atoms with E-state index in [0.29, 0.717) is 17.7 Å². The van der Waals surface area contributed by atoms with Crippen LogP contribution in [0.3, 0.4) is 0 Å². The van der Waals surface area contributed by atoms with Crippen molar-refractivity contribution in [3.05, 3.63) is 27.8 Å². The second kappa shape index (κ2) is 2.64. The van der Waals surface area contributed by atoms with Gasteiger partial charge in [0.25, 0.3) is 5.91 Å². The molecule has 0 atom stereocenters. The smallest absolute Gasteiger partial charge is 0.253 e. The molecule has 0 aliphatic carbocycles. The van der Waals surface area contributed by atoms with Gasteiger partial charge >= 0.3 is 0 Å². The Kier molecular flexibility index (Phi) is 1.70. The van der Waals surface area contributed by atoms with Crippen LogP contribution in [0.2, 0.25) is 5.02 Å². The van der Waals surface area contributed by atoms with E-state index in [1.807, 2.05) is 0 Å². The van der Waals surface area contributed by atoms with Gasteiger partial charge in [0, 0.05) is 6.54 Å². The maximum Gasteiger partial charge on any atom is 0.253 e. The van der Waals surface area contributed by atoms with Crippen LogP contribution < -0.4 is 5.32 Å². The summed E-state index contributed by atoms with van der Waals surface area (Å²) in [5, 5.41) is 12.3. The quantitative estimate of drug-likeness (QED) is 0.664. The zero-order valence-electron chi connectivity index (χ0n) is 7.02. The Morgan fingerprint density at radius 1 is 1.62 bits per heavy atom. The van der Waals surface area contributed by atoms with Gasteiger partial charge in [-0.2, -0.15) is 0 Å². The van der Waals surface area contributed by atoms with Crippen LogP contribution in [-0.2, 0) is 6.54 Å². The Labute approximate surface area is 80.3 Å². The molecule has 2 N–H and O–H groups in total. The Bertz CT molecular complexity index is 401. The van der Waals surface area contributed by atoms with E-state index in [1.165, 1.54) is 0 Å². The number of nitrogens with one attached hydrogen (secondary N) is 1. The average molecular weight is 198 g/mol. The van der Waals surface area contributed by atoms with E-state index < -0.39 is 0 Å². The minimum absolute atomic E-state index is 0.00235. The zero-order valence-corrected chi connectivity index (χ0v) is 7.77. The van der Waals surface area contributed by atoms with Crippen molar-refractivity contribution in [2.75, 3.05) is 0 Å². The number of rotatable bonds is 0. The highest BCUT2D eigenvalue weighted by Crippen LogP contribution is 2.35. The van der Waals surface area contributed by atoms with E-state index in [2.05, 4.69) is 5.32 Å². The van der Waals surface area contributed by atoms with E-state index in [1.54, 1.807) is 13.0 Å². The molecule has 0 aromatic heterocycles. The van der Waals surface area contributed by atoms with E-state index >= 15 is 0 Å². The second-order valence-corrected chi connectivity index (χ2v) is 3.45. The minimum atomic E-state index is -0.213. The predicted octanol–water partition coefficient (Wildman–Crippen LogP) is 1.60. The van der Waals surface area contributed by atoms with Gasteiger partial charge in [0.15, 0.2) is 0 Å². The third kappa shape index (κ3) is 1.08. The lowest BCUT2D eigenvalue weighted by molar-refractivity contribution is 0.0965. The maximum absolute atomic E-state index is 11.2. The number of benzene rings is 1. The van der Waals surface area contributed by atoms with Crippen LogP contribution in [0, 0.1) is 6.92 Å². The van der Waals surface area contributed by atoms with Crippen LogP contribution in [0.1, 0.15) is 21.5 Å². The number of amides is 1. The number of halogens is 1. The van der Waals surface area contributed by atoms with E-state index in [-0.39, 0.29) is 16.7 Å². The molecule has 1 aromatic rings. The lowest BCUT2D eigenvalue weighted by Crippen LogP contribution is -2.12. The number of aromatic hydroxyl groups is 1. The number of hydrogen-bond acceptors (Lipinski definition) is 2. The van der Waals surface area contributed by atoms with Crippen LogP contribution in [0.25, 0.3) is 0 Å². The van der Waals surface area contributed by atoms with Crippen molar-refractivity contribution in [1.29, 1.82) is 0 Å². The summed E-state index contributed by atoms with van der Waals surface area (Å²) in [7, 11) is 0. The van der Waals surface area contributed by atoms with Crippen LogP contribution in [0.15, 0.2) is 6.07 Å². The Morgan fingerprint density at radius 2 is 2.31 bits per heavy atom. The van der Waals surface area contributed by atoms with E-state index in [4.69, 9.17) is 11.6 Å². The standard InChI is InChI=1S/C9H8ClNO2/c1-4-2-5-3-11-9(13)6(5)7(10)8(4)12/h2,12H,3H2,1H3,(H,11,13). The summed E-state index contributed by atoms with van der Waals surface area (Å²) in [5.41, 5.74) is 1.95. The molecule has 1 heterocycles. The highest BCUT2D eigenvalue weighted by atomic mass is 35.5. The third-order valence-electron chi connectivity index (χ3n) is 2.18. The summed E-state index contributed by atoms with van der Waals surface area (Å²) >= 11 is 5.83. The number of phenols is 1. The molecule has 2 rings (SSSR count). The van der Waals surface area contributed by atoms with E-state index in [9.17, 15) is 9.90 Å². The van der Waals surface area contributed by atoms with Gasteiger partial charge in [0.05, 0.1) is 10.6 Å². The van der Waals surface area contributed by atoms with Crippen molar-refractivity contribution in [2.24, 2.45) is 0 Å². The van der Waals surface area contributed by atoms with Gasteiger partial charge in [-0.1, -0.05) is 11.6 Å². The average Bonchev–Trinajstić information content (AvgIpc) is 2.43.